The maximum absolute atomic E-state index is 11.7. The van der Waals surface area contributed by atoms with E-state index in [2.05, 4.69) is 15.9 Å². The van der Waals surface area contributed by atoms with Crippen LogP contribution in [0.4, 0.5) is 0 Å². The molecule has 0 saturated carbocycles. The summed E-state index contributed by atoms with van der Waals surface area (Å²) in [6.07, 6.45) is -0.0301. The lowest BCUT2D eigenvalue weighted by Crippen LogP contribution is -2.26. The number of ether oxygens (including phenoxy) is 1. The van der Waals surface area contributed by atoms with Crippen molar-refractivity contribution in [3.8, 4) is 5.75 Å². The summed E-state index contributed by atoms with van der Waals surface area (Å²) in [6.45, 7) is 7.19. The summed E-state index contributed by atoms with van der Waals surface area (Å²) in [5, 5.41) is 10.3. The molecular weight excluding hydrogens is 498 g/mol. The molecule has 0 bridgehead atoms. The minimum absolute atomic E-state index is 0.0135. The van der Waals surface area contributed by atoms with Crippen LogP contribution in [0.2, 0.25) is 5.02 Å². The molecule has 10 heteroatoms. The van der Waals surface area contributed by atoms with Crippen LogP contribution in [0.1, 0.15) is 44.4 Å². The molecule has 166 valence electrons. The van der Waals surface area contributed by atoms with E-state index < -0.39 is 27.7 Å². The van der Waals surface area contributed by atoms with Crippen molar-refractivity contribution in [3.05, 3.63) is 57.0 Å². The molecule has 0 unspecified atom stereocenters. The van der Waals surface area contributed by atoms with E-state index in [0.717, 1.165) is 5.56 Å². The van der Waals surface area contributed by atoms with Gasteiger partial charge in [-0.05, 0) is 67.9 Å². The van der Waals surface area contributed by atoms with Gasteiger partial charge < -0.3 is 15.6 Å². The molecule has 2 aromatic carbocycles. The van der Waals surface area contributed by atoms with Crippen molar-refractivity contribution in [2.24, 2.45) is 5.73 Å². The summed E-state index contributed by atoms with van der Waals surface area (Å²) >= 11 is 9.07. The molecule has 30 heavy (non-hydrogen) atoms. The van der Waals surface area contributed by atoms with Gasteiger partial charge in [0.15, 0.2) is 0 Å². The topological polar surface area (TPSA) is 127 Å². The molecule has 2 aromatic rings. The van der Waals surface area contributed by atoms with Crippen LogP contribution in [-0.2, 0) is 19.6 Å². The Morgan fingerprint density at radius 2 is 1.77 bits per heavy atom. The van der Waals surface area contributed by atoms with Crippen molar-refractivity contribution in [2.75, 3.05) is 0 Å². The number of hydrogen-bond donors (Lipinski definition) is 3. The summed E-state index contributed by atoms with van der Waals surface area (Å²) in [5.74, 6) is -0.434. The Balaban J connectivity index is 0.000000346. The molecule has 4 N–H and O–H groups in total. The van der Waals surface area contributed by atoms with Crippen LogP contribution in [0.5, 0.6) is 5.75 Å². The normalized spacial score (nSPS) is 12.5. The highest BCUT2D eigenvalue weighted by Crippen LogP contribution is 2.35. The van der Waals surface area contributed by atoms with E-state index in [1.165, 1.54) is 18.2 Å². The summed E-state index contributed by atoms with van der Waals surface area (Å²) < 4.78 is 35.2. The lowest BCUT2D eigenvalue weighted by Gasteiger charge is -2.21. The fraction of sp³-hybridized carbons (Fsp3) is 0.350. The summed E-state index contributed by atoms with van der Waals surface area (Å²) in [5.41, 5.74) is 6.71. The third kappa shape index (κ3) is 9.01. The van der Waals surface area contributed by atoms with Crippen molar-refractivity contribution in [1.82, 2.24) is 0 Å². The standard InChI is InChI=1S/C13H17BrClNO3.C7H8O3S/c1-13(2,3)19-11(17)6-10(16)8-4-7(15)5-9(14)12(8)18;1-6-2-4-7(5-3-6)11(8,9)10/h4-5,10,18H,6,16H2,1-3H3;2-5H,1H3,(H,8,9,10)/t10-;/m0./s1. The van der Waals surface area contributed by atoms with Gasteiger partial charge in [0.2, 0.25) is 0 Å². The van der Waals surface area contributed by atoms with E-state index in [4.69, 9.17) is 26.6 Å². The Morgan fingerprint density at radius 3 is 2.23 bits per heavy atom. The molecule has 1 atom stereocenters. The highest BCUT2D eigenvalue weighted by Gasteiger charge is 2.22. The van der Waals surface area contributed by atoms with Gasteiger partial charge in [-0.1, -0.05) is 29.3 Å². The molecule has 0 aliphatic rings. The third-order valence-corrected chi connectivity index (χ3v) is 5.27. The zero-order chi connectivity index (χ0) is 23.3. The van der Waals surface area contributed by atoms with E-state index in [-0.39, 0.29) is 17.1 Å². The number of aryl methyl sites for hydroxylation is 1. The van der Waals surface area contributed by atoms with Gasteiger partial charge in [0.1, 0.15) is 11.4 Å². The van der Waals surface area contributed by atoms with Crippen molar-refractivity contribution < 1.29 is 27.6 Å². The number of rotatable bonds is 4. The zero-order valence-corrected chi connectivity index (χ0v) is 20.2. The number of aromatic hydroxyl groups is 1. The average Bonchev–Trinajstić information content (AvgIpc) is 2.56. The molecule has 0 heterocycles. The number of phenols is 1. The highest BCUT2D eigenvalue weighted by atomic mass is 79.9. The van der Waals surface area contributed by atoms with E-state index in [9.17, 15) is 18.3 Å². The molecule has 0 spiro atoms. The Hall–Kier alpha value is -1.65. The first-order valence-electron chi connectivity index (χ1n) is 8.79. The SMILES string of the molecule is CC(C)(C)OC(=O)C[C@H](N)c1cc(Cl)cc(Br)c1O.Cc1ccc(S(=O)(=O)O)cc1. The lowest BCUT2D eigenvalue weighted by atomic mass is 10.0. The van der Waals surface area contributed by atoms with Crippen LogP contribution in [0, 0.1) is 6.92 Å². The second-order valence-electron chi connectivity index (χ2n) is 7.51. The molecule has 0 radical (unpaired) electrons. The predicted molar refractivity (Wildman–Crippen MR) is 119 cm³/mol. The monoisotopic (exact) mass is 521 g/mol. The van der Waals surface area contributed by atoms with E-state index in [0.29, 0.717) is 15.1 Å². The minimum Gasteiger partial charge on any atom is -0.506 e. The molecule has 0 amide bonds. The maximum Gasteiger partial charge on any atom is 0.308 e. The van der Waals surface area contributed by atoms with Crippen LogP contribution < -0.4 is 5.73 Å². The van der Waals surface area contributed by atoms with Gasteiger partial charge in [-0.3, -0.25) is 9.35 Å². The largest absolute Gasteiger partial charge is 0.506 e. The fourth-order valence-corrected chi connectivity index (χ4v) is 3.57. The quantitative estimate of drug-likeness (QED) is 0.389. The molecule has 0 aliphatic heterocycles. The number of nitrogens with two attached hydrogens (primary N) is 1. The van der Waals surface area contributed by atoms with E-state index >= 15 is 0 Å². The Morgan fingerprint density at radius 1 is 1.23 bits per heavy atom. The highest BCUT2D eigenvalue weighted by molar-refractivity contribution is 9.10. The van der Waals surface area contributed by atoms with E-state index in [1.54, 1.807) is 39.0 Å². The number of phenolic OH excluding ortho intramolecular Hbond substituents is 1. The van der Waals surface area contributed by atoms with Crippen LogP contribution >= 0.6 is 27.5 Å². The number of benzene rings is 2. The van der Waals surface area contributed by atoms with Crippen LogP contribution in [-0.4, -0.2) is 29.6 Å². The fourth-order valence-electron chi connectivity index (χ4n) is 2.25. The number of esters is 1. The first-order chi connectivity index (χ1) is 13.6. The molecule has 0 aliphatic carbocycles. The first-order valence-corrected chi connectivity index (χ1v) is 11.4. The minimum atomic E-state index is -4.02. The molecule has 0 fully saturated rings. The van der Waals surface area contributed by atoms with Gasteiger partial charge in [-0.2, -0.15) is 8.42 Å². The number of carbonyl (C=O) groups excluding carboxylic acids is 1. The van der Waals surface area contributed by atoms with E-state index in [1.807, 2.05) is 6.92 Å². The molecule has 2 rings (SSSR count). The molecule has 0 saturated heterocycles. The van der Waals surface area contributed by atoms with Crippen molar-refractivity contribution in [3.63, 3.8) is 0 Å². The molecule has 0 aromatic heterocycles. The Kier molecular flexibility index (Phi) is 9.31. The number of halogens is 2. The smallest absolute Gasteiger partial charge is 0.308 e. The summed E-state index contributed by atoms with van der Waals surface area (Å²) in [4.78, 5) is 11.6. The second-order valence-corrected chi connectivity index (χ2v) is 10.2. The van der Waals surface area contributed by atoms with Gasteiger partial charge >= 0.3 is 5.97 Å². The van der Waals surface area contributed by atoms with Gasteiger partial charge in [0, 0.05) is 16.6 Å². The van der Waals surface area contributed by atoms with Crippen molar-refractivity contribution in [2.45, 2.75) is 50.7 Å². The third-order valence-electron chi connectivity index (χ3n) is 3.58. The van der Waals surface area contributed by atoms with Gasteiger partial charge in [-0.15, -0.1) is 0 Å². The van der Waals surface area contributed by atoms with Crippen LogP contribution in [0.3, 0.4) is 0 Å². The van der Waals surface area contributed by atoms with Crippen LogP contribution in [0.25, 0.3) is 0 Å². The lowest BCUT2D eigenvalue weighted by molar-refractivity contribution is -0.155. The van der Waals surface area contributed by atoms with Crippen LogP contribution in [0.15, 0.2) is 45.8 Å². The van der Waals surface area contributed by atoms with Gasteiger partial charge in [-0.25, -0.2) is 0 Å². The maximum atomic E-state index is 11.7. The average molecular weight is 523 g/mol. The molecular formula is C20H25BrClNO6S. The predicted octanol–water partition coefficient (Wildman–Crippen LogP) is 4.78. The van der Waals surface area contributed by atoms with Gasteiger partial charge in [0.05, 0.1) is 15.8 Å². The van der Waals surface area contributed by atoms with Gasteiger partial charge in [0.25, 0.3) is 10.1 Å². The zero-order valence-electron chi connectivity index (χ0n) is 17.0. The van der Waals surface area contributed by atoms with Crippen molar-refractivity contribution >= 4 is 43.6 Å². The van der Waals surface area contributed by atoms with Crippen molar-refractivity contribution in [1.29, 1.82) is 0 Å². The first kappa shape index (κ1) is 26.4. The summed E-state index contributed by atoms with van der Waals surface area (Å²) in [7, 11) is -4.02. The Labute approximate surface area is 190 Å². The number of hydrogen-bond acceptors (Lipinski definition) is 6. The molecule has 7 nitrogen and oxygen atoms in total. The second kappa shape index (κ2) is 10.6. The Bertz CT molecular complexity index is 988. The number of carbonyl (C=O) groups is 1. The summed E-state index contributed by atoms with van der Waals surface area (Å²) in [6, 6.07) is 8.41.